The van der Waals surface area contributed by atoms with Crippen molar-refractivity contribution in [1.82, 2.24) is 9.80 Å². The molecule has 6 nitrogen and oxygen atoms in total. The summed E-state index contributed by atoms with van der Waals surface area (Å²) in [6, 6.07) is 4.66. The molecule has 1 N–H and O–H groups in total. The van der Waals surface area contributed by atoms with E-state index in [9.17, 15) is 19.1 Å². The van der Waals surface area contributed by atoms with Crippen LogP contribution in [-0.2, 0) is 20.9 Å². The quantitative estimate of drug-likeness (QED) is 0.667. The first-order chi connectivity index (χ1) is 12.4. The Balaban J connectivity index is 1.93. The van der Waals surface area contributed by atoms with Crippen LogP contribution in [0.2, 0.25) is 0 Å². The van der Waals surface area contributed by atoms with Crippen molar-refractivity contribution in [2.75, 3.05) is 39.9 Å². The zero-order valence-corrected chi connectivity index (χ0v) is 16.4. The monoisotopic (exact) mass is 430 g/mol. The molecule has 2 rings (SSSR count). The van der Waals surface area contributed by atoms with Crippen molar-refractivity contribution in [3.63, 3.8) is 0 Å². The van der Waals surface area contributed by atoms with Gasteiger partial charge in [0.15, 0.2) is 0 Å². The molecule has 0 bridgehead atoms. The maximum absolute atomic E-state index is 14.0. The van der Waals surface area contributed by atoms with Gasteiger partial charge in [0.05, 0.1) is 26.2 Å². The van der Waals surface area contributed by atoms with E-state index in [2.05, 4.69) is 15.9 Å². The first-order valence-corrected chi connectivity index (χ1v) is 9.36. The lowest BCUT2D eigenvalue weighted by atomic mass is 9.97. The number of benzene rings is 1. The summed E-state index contributed by atoms with van der Waals surface area (Å²) in [7, 11) is 1.37. The average molecular weight is 431 g/mol. The number of esters is 1. The number of piperidine rings is 1. The number of carbonyl (C=O) groups excluding carboxylic acids is 2. The fraction of sp³-hybridized carbons (Fsp3) is 0.556. The van der Waals surface area contributed by atoms with E-state index >= 15 is 0 Å². The second-order valence-corrected chi connectivity index (χ2v) is 7.26. The van der Waals surface area contributed by atoms with Gasteiger partial charge in [0.1, 0.15) is 5.82 Å². The van der Waals surface area contributed by atoms with Crippen molar-refractivity contribution in [3.05, 3.63) is 34.1 Å². The Labute approximate surface area is 161 Å². The predicted molar refractivity (Wildman–Crippen MR) is 97.8 cm³/mol. The topological polar surface area (TPSA) is 70.1 Å². The number of hydrogen-bond acceptors (Lipinski definition) is 5. The second kappa shape index (κ2) is 9.99. The Morgan fingerprint density at radius 2 is 2.08 bits per heavy atom. The number of carbonyl (C=O) groups is 2. The molecule has 1 amide bonds. The maximum Gasteiger partial charge on any atom is 0.308 e. The van der Waals surface area contributed by atoms with E-state index in [1.165, 1.54) is 13.2 Å². The molecule has 144 valence electrons. The Kier molecular flexibility index (Phi) is 7.99. The lowest BCUT2D eigenvalue weighted by Crippen LogP contribution is -2.45. The lowest BCUT2D eigenvalue weighted by Gasteiger charge is -2.32. The summed E-state index contributed by atoms with van der Waals surface area (Å²) >= 11 is 3.31. The highest BCUT2D eigenvalue weighted by molar-refractivity contribution is 9.10. The van der Waals surface area contributed by atoms with Crippen molar-refractivity contribution < 1.29 is 23.8 Å². The van der Waals surface area contributed by atoms with Gasteiger partial charge in [-0.05, 0) is 31.0 Å². The maximum atomic E-state index is 14.0. The van der Waals surface area contributed by atoms with Crippen molar-refractivity contribution in [1.29, 1.82) is 0 Å². The number of aliphatic hydroxyl groups is 1. The Morgan fingerprint density at radius 1 is 1.38 bits per heavy atom. The molecule has 1 aromatic rings. The van der Waals surface area contributed by atoms with E-state index in [0.717, 1.165) is 4.47 Å². The zero-order valence-electron chi connectivity index (χ0n) is 14.8. The Bertz CT molecular complexity index is 636. The fourth-order valence-electron chi connectivity index (χ4n) is 3.08. The van der Waals surface area contributed by atoms with Crippen LogP contribution in [0.15, 0.2) is 22.7 Å². The van der Waals surface area contributed by atoms with Gasteiger partial charge in [0.25, 0.3) is 0 Å². The van der Waals surface area contributed by atoms with Gasteiger partial charge in [-0.25, -0.2) is 4.39 Å². The molecule has 1 aliphatic rings. The van der Waals surface area contributed by atoms with Crippen LogP contribution in [-0.4, -0.2) is 66.7 Å². The van der Waals surface area contributed by atoms with Gasteiger partial charge in [0.2, 0.25) is 5.91 Å². The van der Waals surface area contributed by atoms with Crippen molar-refractivity contribution >= 4 is 27.8 Å². The second-order valence-electron chi connectivity index (χ2n) is 6.35. The number of hydrogen-bond donors (Lipinski definition) is 1. The van der Waals surface area contributed by atoms with Crippen LogP contribution in [0.4, 0.5) is 4.39 Å². The van der Waals surface area contributed by atoms with E-state index in [4.69, 9.17) is 4.74 Å². The SMILES string of the molecule is COC(=O)C1CCN(C(=O)CN(CCO)Cc2cc(Br)ccc2F)CC1. The van der Waals surface area contributed by atoms with Crippen LogP contribution >= 0.6 is 15.9 Å². The highest BCUT2D eigenvalue weighted by Crippen LogP contribution is 2.20. The van der Waals surface area contributed by atoms with Crippen molar-refractivity contribution in [2.24, 2.45) is 5.92 Å². The van der Waals surface area contributed by atoms with Crippen LogP contribution in [0.25, 0.3) is 0 Å². The molecule has 0 spiro atoms. The number of ether oxygens (including phenoxy) is 1. The van der Waals surface area contributed by atoms with E-state index in [1.807, 2.05) is 0 Å². The van der Waals surface area contributed by atoms with Gasteiger partial charge < -0.3 is 14.7 Å². The number of amides is 1. The molecule has 0 atom stereocenters. The summed E-state index contributed by atoms with van der Waals surface area (Å²) in [6.07, 6.45) is 1.16. The van der Waals surface area contributed by atoms with Crippen LogP contribution in [0.1, 0.15) is 18.4 Å². The molecule has 1 aromatic carbocycles. The fourth-order valence-corrected chi connectivity index (χ4v) is 3.49. The van der Waals surface area contributed by atoms with Gasteiger partial charge >= 0.3 is 5.97 Å². The van der Waals surface area contributed by atoms with E-state index in [-0.39, 0.29) is 49.9 Å². The minimum Gasteiger partial charge on any atom is -0.469 e. The van der Waals surface area contributed by atoms with Gasteiger partial charge in [0, 0.05) is 36.2 Å². The van der Waals surface area contributed by atoms with E-state index in [0.29, 0.717) is 31.5 Å². The highest BCUT2D eigenvalue weighted by Gasteiger charge is 2.28. The van der Waals surface area contributed by atoms with Crippen LogP contribution < -0.4 is 0 Å². The standard InChI is InChI=1S/C18H24BrFN2O4/c1-26-18(25)13-4-6-22(7-5-13)17(24)12-21(8-9-23)11-14-10-15(19)2-3-16(14)20/h2-3,10,13,23H,4-9,11-12H2,1H3. The molecule has 26 heavy (non-hydrogen) atoms. The van der Waals surface area contributed by atoms with E-state index < -0.39 is 0 Å². The first-order valence-electron chi connectivity index (χ1n) is 8.57. The summed E-state index contributed by atoms with van der Waals surface area (Å²) < 4.78 is 19.5. The lowest BCUT2D eigenvalue weighted by molar-refractivity contribution is -0.149. The first kappa shape index (κ1) is 20.8. The summed E-state index contributed by atoms with van der Waals surface area (Å²) in [6.45, 7) is 1.48. The summed E-state index contributed by atoms with van der Waals surface area (Å²) in [5.41, 5.74) is 0.463. The normalized spacial score (nSPS) is 15.3. The number of aliphatic hydroxyl groups excluding tert-OH is 1. The third-order valence-electron chi connectivity index (χ3n) is 4.56. The molecule has 0 radical (unpaired) electrons. The molecule has 0 aliphatic carbocycles. The number of halogens is 2. The van der Waals surface area contributed by atoms with Crippen LogP contribution in [0, 0.1) is 11.7 Å². The number of nitrogens with zero attached hydrogens (tertiary/aromatic N) is 2. The number of likely N-dealkylation sites (tertiary alicyclic amines) is 1. The molecular weight excluding hydrogens is 407 g/mol. The largest absolute Gasteiger partial charge is 0.469 e. The summed E-state index contributed by atoms with van der Waals surface area (Å²) in [5.74, 6) is -0.822. The highest BCUT2D eigenvalue weighted by atomic mass is 79.9. The minimum atomic E-state index is -0.345. The number of rotatable bonds is 7. The zero-order chi connectivity index (χ0) is 19.1. The van der Waals surface area contributed by atoms with Gasteiger partial charge in [-0.15, -0.1) is 0 Å². The third-order valence-corrected chi connectivity index (χ3v) is 5.05. The van der Waals surface area contributed by atoms with E-state index in [1.54, 1.807) is 21.9 Å². The predicted octanol–water partition coefficient (Wildman–Crippen LogP) is 1.79. The minimum absolute atomic E-state index is 0.0860. The molecule has 1 heterocycles. The summed E-state index contributed by atoms with van der Waals surface area (Å²) in [5, 5.41) is 9.26. The molecule has 1 saturated heterocycles. The van der Waals surface area contributed by atoms with Gasteiger partial charge in [-0.1, -0.05) is 15.9 Å². The van der Waals surface area contributed by atoms with Crippen molar-refractivity contribution in [2.45, 2.75) is 19.4 Å². The van der Waals surface area contributed by atoms with Gasteiger partial charge in [-0.3, -0.25) is 14.5 Å². The Morgan fingerprint density at radius 3 is 2.69 bits per heavy atom. The Hall–Kier alpha value is -1.51. The molecule has 1 fully saturated rings. The summed E-state index contributed by atoms with van der Waals surface area (Å²) in [4.78, 5) is 27.6. The van der Waals surface area contributed by atoms with Gasteiger partial charge in [-0.2, -0.15) is 0 Å². The molecule has 0 aromatic heterocycles. The molecule has 8 heteroatoms. The number of methoxy groups -OCH3 is 1. The molecule has 1 aliphatic heterocycles. The third kappa shape index (κ3) is 5.75. The van der Waals surface area contributed by atoms with Crippen LogP contribution in [0.5, 0.6) is 0 Å². The molecule has 0 unspecified atom stereocenters. The average Bonchev–Trinajstić information content (AvgIpc) is 2.64. The molecule has 0 saturated carbocycles. The van der Waals surface area contributed by atoms with Crippen LogP contribution in [0.3, 0.4) is 0 Å². The molecular formula is C18H24BrFN2O4. The van der Waals surface area contributed by atoms with Crippen molar-refractivity contribution in [3.8, 4) is 0 Å². The smallest absolute Gasteiger partial charge is 0.308 e.